The molecule has 0 fully saturated rings. The summed E-state index contributed by atoms with van der Waals surface area (Å²) in [5.74, 6) is 0.775. The van der Waals surface area contributed by atoms with E-state index in [9.17, 15) is 4.79 Å². The number of amides is 1. The van der Waals surface area contributed by atoms with Crippen LogP contribution in [-0.2, 0) is 0 Å². The smallest absolute Gasteiger partial charge is 0.274 e. The van der Waals surface area contributed by atoms with Crippen LogP contribution >= 0.6 is 0 Å². The van der Waals surface area contributed by atoms with E-state index in [0.29, 0.717) is 23.9 Å². The van der Waals surface area contributed by atoms with Gasteiger partial charge in [0, 0.05) is 23.0 Å². The summed E-state index contributed by atoms with van der Waals surface area (Å²) in [6.45, 7) is 4.34. The molecule has 1 amide bonds. The fourth-order valence-corrected chi connectivity index (χ4v) is 3.06. The zero-order valence-corrected chi connectivity index (χ0v) is 16.7. The van der Waals surface area contributed by atoms with Crippen molar-refractivity contribution in [2.45, 2.75) is 13.8 Å². The van der Waals surface area contributed by atoms with E-state index < -0.39 is 0 Å². The van der Waals surface area contributed by atoms with E-state index in [2.05, 4.69) is 25.6 Å². The first-order valence-corrected chi connectivity index (χ1v) is 9.63. The third-order valence-electron chi connectivity index (χ3n) is 4.39. The number of benzene rings is 2. The largest absolute Gasteiger partial charge is 0.494 e. The number of carbonyl (C=O) groups excluding carboxylic acids is 1. The minimum atomic E-state index is -0.316. The first kappa shape index (κ1) is 19.3. The molecule has 2 aromatic carbocycles. The minimum absolute atomic E-state index is 0.270. The van der Waals surface area contributed by atoms with Gasteiger partial charge in [-0.1, -0.05) is 18.2 Å². The van der Waals surface area contributed by atoms with Gasteiger partial charge < -0.3 is 15.4 Å². The van der Waals surface area contributed by atoms with Crippen molar-refractivity contribution >= 4 is 34.1 Å². The van der Waals surface area contributed by atoms with Crippen LogP contribution in [0.2, 0.25) is 0 Å². The number of aromatic nitrogens is 3. The van der Waals surface area contributed by atoms with E-state index in [1.165, 1.54) is 0 Å². The molecule has 0 saturated carbocycles. The van der Waals surface area contributed by atoms with E-state index >= 15 is 0 Å². The zero-order chi connectivity index (χ0) is 20.9. The van der Waals surface area contributed by atoms with Gasteiger partial charge in [-0.25, -0.2) is 9.97 Å². The highest BCUT2D eigenvalue weighted by atomic mass is 16.5. The molecule has 0 aliphatic heterocycles. The van der Waals surface area contributed by atoms with Gasteiger partial charge in [-0.15, -0.1) is 0 Å². The molecule has 0 atom stereocenters. The number of hydrogen-bond acceptors (Lipinski definition) is 6. The maximum atomic E-state index is 12.7. The molecule has 4 rings (SSSR count). The van der Waals surface area contributed by atoms with Crippen LogP contribution in [0.25, 0.3) is 10.9 Å². The maximum Gasteiger partial charge on any atom is 0.274 e. The van der Waals surface area contributed by atoms with Crippen LogP contribution < -0.4 is 15.4 Å². The van der Waals surface area contributed by atoms with Gasteiger partial charge in [0.1, 0.15) is 11.4 Å². The number of hydrogen-bond donors (Lipinski definition) is 2. The first-order valence-electron chi connectivity index (χ1n) is 9.63. The summed E-state index contributed by atoms with van der Waals surface area (Å²) in [4.78, 5) is 25.9. The van der Waals surface area contributed by atoms with Gasteiger partial charge in [-0.2, -0.15) is 0 Å². The van der Waals surface area contributed by atoms with Crippen LogP contribution in [0.3, 0.4) is 0 Å². The lowest BCUT2D eigenvalue weighted by Gasteiger charge is -2.10. The lowest BCUT2D eigenvalue weighted by atomic mass is 10.2. The Morgan fingerprint density at radius 3 is 2.63 bits per heavy atom. The molecule has 0 saturated heterocycles. The molecule has 2 aromatic heterocycles. The number of pyridine rings is 1. The molecular weight excluding hydrogens is 378 g/mol. The SMILES string of the molecule is CCOc1ccc(NC(=O)c2cc(C)nc(Nc3cccc4cccnc34)n2)cc1. The summed E-state index contributed by atoms with van der Waals surface area (Å²) in [5, 5.41) is 7.04. The van der Waals surface area contributed by atoms with E-state index in [-0.39, 0.29) is 11.6 Å². The number of fused-ring (bicyclic) bond motifs is 1. The second-order valence-corrected chi connectivity index (χ2v) is 6.64. The topological polar surface area (TPSA) is 89.0 Å². The maximum absolute atomic E-state index is 12.7. The normalized spacial score (nSPS) is 10.6. The zero-order valence-electron chi connectivity index (χ0n) is 16.7. The summed E-state index contributed by atoms with van der Waals surface area (Å²) in [6.07, 6.45) is 1.74. The molecule has 2 N–H and O–H groups in total. The Bertz CT molecular complexity index is 1190. The number of anilines is 3. The average Bonchev–Trinajstić information content (AvgIpc) is 2.75. The fraction of sp³-hybridized carbons (Fsp3) is 0.130. The van der Waals surface area contributed by atoms with Crippen molar-refractivity contribution in [3.8, 4) is 5.75 Å². The van der Waals surface area contributed by atoms with Crippen LogP contribution in [0.15, 0.2) is 66.9 Å². The molecule has 30 heavy (non-hydrogen) atoms. The number of carbonyl (C=O) groups is 1. The predicted octanol–water partition coefficient (Wildman–Crippen LogP) is 4.73. The van der Waals surface area contributed by atoms with Gasteiger partial charge in [-0.05, 0) is 56.3 Å². The van der Waals surface area contributed by atoms with E-state index in [0.717, 1.165) is 22.3 Å². The van der Waals surface area contributed by atoms with E-state index in [4.69, 9.17) is 4.74 Å². The number of para-hydroxylation sites is 1. The van der Waals surface area contributed by atoms with Crippen molar-refractivity contribution in [2.75, 3.05) is 17.2 Å². The lowest BCUT2D eigenvalue weighted by Crippen LogP contribution is -2.15. The van der Waals surface area contributed by atoms with Crippen LogP contribution in [0.4, 0.5) is 17.3 Å². The van der Waals surface area contributed by atoms with Gasteiger partial charge in [0.15, 0.2) is 0 Å². The van der Waals surface area contributed by atoms with Gasteiger partial charge in [0.2, 0.25) is 5.95 Å². The Hall–Kier alpha value is -4.00. The first-order chi connectivity index (χ1) is 14.6. The van der Waals surface area contributed by atoms with Crippen molar-refractivity contribution in [3.05, 3.63) is 78.2 Å². The third-order valence-corrected chi connectivity index (χ3v) is 4.39. The number of nitrogens with zero attached hydrogens (tertiary/aromatic N) is 3. The van der Waals surface area contributed by atoms with Crippen molar-refractivity contribution in [2.24, 2.45) is 0 Å². The van der Waals surface area contributed by atoms with Crippen molar-refractivity contribution in [3.63, 3.8) is 0 Å². The number of rotatable bonds is 6. The monoisotopic (exact) mass is 399 g/mol. The molecule has 0 radical (unpaired) electrons. The molecule has 7 heteroatoms. The van der Waals surface area contributed by atoms with Gasteiger partial charge in [-0.3, -0.25) is 9.78 Å². The Morgan fingerprint density at radius 1 is 1.03 bits per heavy atom. The summed E-state index contributed by atoms with van der Waals surface area (Å²) in [5.41, 5.74) is 3.19. The molecule has 7 nitrogen and oxygen atoms in total. The lowest BCUT2D eigenvalue weighted by molar-refractivity contribution is 0.102. The van der Waals surface area contributed by atoms with Crippen LogP contribution in [0, 0.1) is 6.92 Å². The third kappa shape index (κ3) is 4.35. The second kappa shape index (κ2) is 8.57. The molecule has 4 aromatic rings. The molecule has 0 spiro atoms. The second-order valence-electron chi connectivity index (χ2n) is 6.64. The molecule has 0 aliphatic carbocycles. The minimum Gasteiger partial charge on any atom is -0.494 e. The van der Waals surface area contributed by atoms with E-state index in [1.54, 1.807) is 24.4 Å². The molecule has 2 heterocycles. The van der Waals surface area contributed by atoms with Crippen molar-refractivity contribution < 1.29 is 9.53 Å². The van der Waals surface area contributed by atoms with Crippen LogP contribution in [0.1, 0.15) is 23.1 Å². The number of aryl methyl sites for hydroxylation is 1. The standard InChI is InChI=1S/C23H21N5O2/c1-3-30-18-11-9-17(10-12-18)26-22(29)20-14-15(2)25-23(28-20)27-19-8-4-6-16-7-5-13-24-21(16)19/h4-14H,3H2,1-2H3,(H,26,29)(H,25,27,28). The molecular formula is C23H21N5O2. The quantitative estimate of drug-likeness (QED) is 0.487. The van der Waals surface area contributed by atoms with Crippen LogP contribution in [0.5, 0.6) is 5.75 Å². The van der Waals surface area contributed by atoms with Gasteiger partial charge >= 0.3 is 0 Å². The molecule has 0 aliphatic rings. The average molecular weight is 399 g/mol. The van der Waals surface area contributed by atoms with Gasteiger partial charge in [0.25, 0.3) is 5.91 Å². The molecule has 0 unspecified atom stereocenters. The number of ether oxygens (including phenoxy) is 1. The number of nitrogens with one attached hydrogen (secondary N) is 2. The van der Waals surface area contributed by atoms with Gasteiger partial charge in [0.05, 0.1) is 17.8 Å². The Kier molecular flexibility index (Phi) is 5.52. The molecule has 150 valence electrons. The van der Waals surface area contributed by atoms with Crippen molar-refractivity contribution in [1.29, 1.82) is 0 Å². The predicted molar refractivity (Wildman–Crippen MR) is 117 cm³/mol. The Labute approximate surface area is 174 Å². The highest BCUT2D eigenvalue weighted by Gasteiger charge is 2.12. The molecule has 0 bridgehead atoms. The Balaban J connectivity index is 1.56. The van der Waals surface area contributed by atoms with E-state index in [1.807, 2.05) is 56.3 Å². The van der Waals surface area contributed by atoms with Crippen molar-refractivity contribution in [1.82, 2.24) is 15.0 Å². The summed E-state index contributed by atoms with van der Waals surface area (Å²) >= 11 is 0. The summed E-state index contributed by atoms with van der Waals surface area (Å²) in [6, 6.07) is 18.5. The summed E-state index contributed by atoms with van der Waals surface area (Å²) in [7, 11) is 0. The highest BCUT2D eigenvalue weighted by Crippen LogP contribution is 2.23. The highest BCUT2D eigenvalue weighted by molar-refractivity contribution is 6.03. The van der Waals surface area contributed by atoms with Crippen LogP contribution in [-0.4, -0.2) is 27.5 Å². The Morgan fingerprint density at radius 2 is 1.83 bits per heavy atom. The fourth-order valence-electron chi connectivity index (χ4n) is 3.06. The summed E-state index contributed by atoms with van der Waals surface area (Å²) < 4.78 is 5.42.